The lowest BCUT2D eigenvalue weighted by atomic mass is 9.94. The molecule has 2 aromatic rings. The number of nitrogens with one attached hydrogen (secondary N) is 2. The minimum absolute atomic E-state index is 0.0613. The Bertz CT molecular complexity index is 1150. The quantitative estimate of drug-likeness (QED) is 0.437. The fraction of sp³-hybridized carbons (Fsp3) is 0.519. The molecular weight excluding hydrogens is 531 g/mol. The second-order valence-corrected chi connectivity index (χ2v) is 12.7. The van der Waals surface area contributed by atoms with Crippen LogP contribution in [0.1, 0.15) is 44.3 Å². The van der Waals surface area contributed by atoms with Gasteiger partial charge in [0.15, 0.2) is 0 Å². The average molecular weight is 567 g/mol. The molecule has 1 aliphatic heterocycles. The van der Waals surface area contributed by atoms with Crippen LogP contribution < -0.4 is 15.5 Å². The van der Waals surface area contributed by atoms with Gasteiger partial charge >= 0.3 is 0 Å². The van der Waals surface area contributed by atoms with E-state index < -0.39 is 11.9 Å². The summed E-state index contributed by atoms with van der Waals surface area (Å²) in [5.41, 5.74) is 0.291. The van der Waals surface area contributed by atoms with Crippen molar-refractivity contribution in [2.75, 3.05) is 49.6 Å². The molecular formula is C27H36ClFN4O4S. The van der Waals surface area contributed by atoms with Crippen molar-refractivity contribution in [3.8, 4) is 0 Å². The zero-order valence-electron chi connectivity index (χ0n) is 22.5. The third-order valence-corrected chi connectivity index (χ3v) is 7.00. The van der Waals surface area contributed by atoms with Crippen LogP contribution in [-0.4, -0.2) is 68.1 Å². The van der Waals surface area contributed by atoms with Crippen molar-refractivity contribution in [3.05, 3.63) is 45.4 Å². The molecule has 1 atom stereocenters. The van der Waals surface area contributed by atoms with E-state index in [2.05, 4.69) is 50.2 Å². The van der Waals surface area contributed by atoms with Gasteiger partial charge in [0.2, 0.25) is 5.91 Å². The third-order valence-electron chi connectivity index (χ3n) is 5.77. The molecule has 11 heteroatoms. The van der Waals surface area contributed by atoms with E-state index in [1.165, 1.54) is 17.0 Å². The number of carbonyl (C=O) groups is 3. The molecule has 0 unspecified atom stereocenters. The van der Waals surface area contributed by atoms with Crippen LogP contribution in [0.25, 0.3) is 0 Å². The summed E-state index contributed by atoms with van der Waals surface area (Å²) in [6, 6.07) is 6.83. The Hall–Kier alpha value is -2.53. The van der Waals surface area contributed by atoms with Crippen molar-refractivity contribution >= 4 is 52.0 Å². The smallest absolute Gasteiger partial charge is 0.261 e. The number of amides is 3. The molecule has 0 spiro atoms. The number of nitrogens with zero attached hydrogens (tertiary/aromatic N) is 2. The summed E-state index contributed by atoms with van der Waals surface area (Å²) in [6.45, 7) is 12.2. The highest BCUT2D eigenvalue weighted by molar-refractivity contribution is 7.18. The minimum Gasteiger partial charge on any atom is -0.370 e. The van der Waals surface area contributed by atoms with Crippen LogP contribution in [0.5, 0.6) is 0 Å². The van der Waals surface area contributed by atoms with Gasteiger partial charge in [0, 0.05) is 31.9 Å². The number of morpholine rings is 1. The Morgan fingerprint density at radius 3 is 2.55 bits per heavy atom. The lowest BCUT2D eigenvalue weighted by Gasteiger charge is -2.36. The van der Waals surface area contributed by atoms with Crippen LogP contribution in [0.15, 0.2) is 30.3 Å². The standard InChI is InChI=1S/C27H36ClFN4O4S/c1-17(2)14-32(16-27(3,4)5)21(13-30-26(36)22-8-9-23(28)38-22)25(35)31-18-6-7-20(19(29)12-18)33-10-11-37-15-24(33)34/h6-9,12,17,21H,10-11,13-16H2,1-5H3,(H,30,36)(H,31,35)/t21-/m1/s1. The lowest BCUT2D eigenvalue weighted by molar-refractivity contribution is -0.125. The van der Waals surface area contributed by atoms with Crippen LogP contribution in [0.3, 0.4) is 0 Å². The Kier molecular flexibility index (Phi) is 10.3. The van der Waals surface area contributed by atoms with Gasteiger partial charge in [-0.1, -0.05) is 46.2 Å². The Morgan fingerprint density at radius 2 is 1.97 bits per heavy atom. The predicted octanol–water partition coefficient (Wildman–Crippen LogP) is 4.65. The van der Waals surface area contributed by atoms with Crippen LogP contribution in [0, 0.1) is 17.2 Å². The van der Waals surface area contributed by atoms with Gasteiger partial charge in [0.05, 0.1) is 21.5 Å². The van der Waals surface area contributed by atoms with Gasteiger partial charge in [-0.25, -0.2) is 4.39 Å². The zero-order valence-corrected chi connectivity index (χ0v) is 24.0. The van der Waals surface area contributed by atoms with E-state index in [0.717, 1.165) is 11.3 Å². The van der Waals surface area contributed by atoms with Gasteiger partial charge in [-0.15, -0.1) is 11.3 Å². The molecule has 0 radical (unpaired) electrons. The Labute approximate surface area is 232 Å². The molecule has 1 aliphatic rings. The molecule has 1 fully saturated rings. The fourth-order valence-electron chi connectivity index (χ4n) is 4.28. The van der Waals surface area contributed by atoms with Crippen molar-refractivity contribution in [2.45, 2.75) is 40.7 Å². The molecule has 8 nitrogen and oxygen atoms in total. The van der Waals surface area contributed by atoms with E-state index in [-0.39, 0.29) is 60.1 Å². The highest BCUT2D eigenvalue weighted by atomic mass is 35.5. The molecule has 1 aromatic heterocycles. The maximum atomic E-state index is 15.0. The lowest BCUT2D eigenvalue weighted by Crippen LogP contribution is -2.53. The van der Waals surface area contributed by atoms with Crippen LogP contribution >= 0.6 is 22.9 Å². The summed E-state index contributed by atoms with van der Waals surface area (Å²) >= 11 is 7.14. The fourth-order valence-corrected chi connectivity index (χ4v) is 5.24. The molecule has 1 aromatic carbocycles. The summed E-state index contributed by atoms with van der Waals surface area (Å²) in [4.78, 5) is 42.3. The van der Waals surface area contributed by atoms with Crippen molar-refractivity contribution in [2.24, 2.45) is 11.3 Å². The molecule has 0 saturated carbocycles. The monoisotopic (exact) mass is 566 g/mol. The van der Waals surface area contributed by atoms with Crippen molar-refractivity contribution < 1.29 is 23.5 Å². The summed E-state index contributed by atoms with van der Waals surface area (Å²) in [6.07, 6.45) is 0. The maximum absolute atomic E-state index is 15.0. The highest BCUT2D eigenvalue weighted by Crippen LogP contribution is 2.26. The number of hydrogen-bond donors (Lipinski definition) is 2. The number of halogens is 2. The number of hydrogen-bond acceptors (Lipinski definition) is 6. The van der Waals surface area contributed by atoms with E-state index in [1.54, 1.807) is 18.2 Å². The second-order valence-electron chi connectivity index (χ2n) is 11.0. The first-order valence-corrected chi connectivity index (χ1v) is 13.8. The zero-order chi connectivity index (χ0) is 28.0. The average Bonchev–Trinajstić information content (AvgIpc) is 3.25. The van der Waals surface area contributed by atoms with Gasteiger partial charge in [-0.2, -0.15) is 0 Å². The molecule has 2 N–H and O–H groups in total. The summed E-state index contributed by atoms with van der Waals surface area (Å²) in [5, 5.41) is 5.68. The summed E-state index contributed by atoms with van der Waals surface area (Å²) < 4.78 is 20.6. The first kappa shape index (κ1) is 30.0. The van der Waals surface area contributed by atoms with Crippen molar-refractivity contribution in [3.63, 3.8) is 0 Å². The first-order chi connectivity index (χ1) is 17.8. The van der Waals surface area contributed by atoms with Crippen LogP contribution in [-0.2, 0) is 14.3 Å². The van der Waals surface area contributed by atoms with Crippen molar-refractivity contribution in [1.29, 1.82) is 0 Å². The molecule has 208 valence electrons. The SMILES string of the molecule is CC(C)CN(CC(C)(C)C)[C@H](CNC(=O)c1ccc(Cl)s1)C(=O)Nc1ccc(N2CCOCC2=O)c(F)c1. The third kappa shape index (κ3) is 8.49. The second kappa shape index (κ2) is 13.0. The van der Waals surface area contributed by atoms with E-state index in [0.29, 0.717) is 28.9 Å². The van der Waals surface area contributed by atoms with E-state index >= 15 is 0 Å². The van der Waals surface area contributed by atoms with E-state index in [9.17, 15) is 18.8 Å². The molecule has 0 aliphatic carbocycles. The predicted molar refractivity (Wildman–Crippen MR) is 150 cm³/mol. The number of thiophene rings is 1. The van der Waals surface area contributed by atoms with Crippen molar-refractivity contribution in [1.82, 2.24) is 10.2 Å². The summed E-state index contributed by atoms with van der Waals surface area (Å²) in [7, 11) is 0. The normalized spacial score (nSPS) is 15.2. The number of carbonyl (C=O) groups excluding carboxylic acids is 3. The minimum atomic E-state index is -0.709. The molecule has 38 heavy (non-hydrogen) atoms. The van der Waals surface area contributed by atoms with Crippen LogP contribution in [0.4, 0.5) is 15.8 Å². The summed E-state index contributed by atoms with van der Waals surface area (Å²) in [5.74, 6) is -1.35. The molecule has 3 rings (SSSR count). The van der Waals surface area contributed by atoms with Gasteiger partial charge in [-0.3, -0.25) is 19.3 Å². The molecule has 2 heterocycles. The first-order valence-electron chi connectivity index (χ1n) is 12.6. The van der Waals surface area contributed by atoms with Crippen LogP contribution in [0.2, 0.25) is 4.34 Å². The maximum Gasteiger partial charge on any atom is 0.261 e. The Morgan fingerprint density at radius 1 is 1.24 bits per heavy atom. The largest absolute Gasteiger partial charge is 0.370 e. The number of rotatable bonds is 10. The number of ether oxygens (including phenoxy) is 1. The van der Waals surface area contributed by atoms with Gasteiger partial charge in [0.25, 0.3) is 11.8 Å². The van der Waals surface area contributed by atoms with Gasteiger partial charge < -0.3 is 20.3 Å². The highest BCUT2D eigenvalue weighted by Gasteiger charge is 2.31. The van der Waals surface area contributed by atoms with E-state index in [1.807, 2.05) is 0 Å². The van der Waals surface area contributed by atoms with Gasteiger partial charge in [-0.05, 0) is 41.7 Å². The number of benzene rings is 1. The van der Waals surface area contributed by atoms with Gasteiger partial charge in [0.1, 0.15) is 18.5 Å². The number of anilines is 2. The topological polar surface area (TPSA) is 91.0 Å². The molecule has 3 amide bonds. The van der Waals surface area contributed by atoms with E-state index in [4.69, 9.17) is 16.3 Å². The Balaban J connectivity index is 1.81. The molecule has 1 saturated heterocycles. The molecule has 0 bridgehead atoms.